The van der Waals surface area contributed by atoms with Crippen molar-refractivity contribution in [3.05, 3.63) is 79.9 Å². The van der Waals surface area contributed by atoms with Gasteiger partial charge in [0.15, 0.2) is 0 Å². The maximum Gasteiger partial charge on any atom is 0.316 e. The number of rotatable bonds is 6. The van der Waals surface area contributed by atoms with Crippen LogP contribution < -0.4 is 10.6 Å². The second kappa shape index (κ2) is 7.40. The van der Waals surface area contributed by atoms with Gasteiger partial charge in [-0.3, -0.25) is 20.2 Å². The predicted octanol–water partition coefficient (Wildman–Crippen LogP) is 4.26. The van der Waals surface area contributed by atoms with E-state index >= 15 is 0 Å². The van der Waals surface area contributed by atoms with Gasteiger partial charge in [0.1, 0.15) is 0 Å². The van der Waals surface area contributed by atoms with E-state index in [-0.39, 0.29) is 17.4 Å². The lowest BCUT2D eigenvalue weighted by molar-refractivity contribution is -0.385. The average Bonchev–Trinajstić information content (AvgIpc) is 2.68. The number of benzene rings is 2. The third-order valence-electron chi connectivity index (χ3n) is 6.38. The van der Waals surface area contributed by atoms with E-state index < -0.39 is 20.9 Å². The maximum absolute atomic E-state index is 12.9. The van der Waals surface area contributed by atoms with Crippen molar-refractivity contribution < 1.29 is 14.6 Å². The highest BCUT2D eigenvalue weighted by atomic mass is 16.6. The zero-order valence-corrected chi connectivity index (χ0v) is 16.3. The summed E-state index contributed by atoms with van der Waals surface area (Å²) >= 11 is 0. The minimum absolute atomic E-state index is 0.0178. The van der Waals surface area contributed by atoms with Crippen molar-refractivity contribution in [3.8, 4) is 0 Å². The van der Waals surface area contributed by atoms with Crippen LogP contribution in [0.2, 0.25) is 0 Å². The lowest BCUT2D eigenvalue weighted by Crippen LogP contribution is -2.59. The molecule has 0 bridgehead atoms. The van der Waals surface area contributed by atoms with Gasteiger partial charge in [-0.15, -0.1) is 0 Å². The van der Waals surface area contributed by atoms with Crippen molar-refractivity contribution >= 4 is 17.4 Å². The summed E-state index contributed by atoms with van der Waals surface area (Å²) in [6, 6.07) is 12.3. The number of carbonyl (C=O) groups is 1. The normalized spacial score (nSPS) is 18.4. The molecule has 9 nitrogen and oxygen atoms in total. The van der Waals surface area contributed by atoms with Crippen LogP contribution >= 0.6 is 0 Å². The van der Waals surface area contributed by atoms with Crippen molar-refractivity contribution in [3.63, 3.8) is 0 Å². The molecule has 0 aromatic heterocycles. The van der Waals surface area contributed by atoms with E-state index in [4.69, 9.17) is 0 Å². The third-order valence-corrected chi connectivity index (χ3v) is 6.38. The predicted molar refractivity (Wildman–Crippen MR) is 109 cm³/mol. The molecule has 0 spiro atoms. The van der Waals surface area contributed by atoms with E-state index in [0.29, 0.717) is 0 Å². The van der Waals surface area contributed by atoms with Crippen LogP contribution in [0.1, 0.15) is 49.7 Å². The van der Waals surface area contributed by atoms with E-state index in [1.807, 2.05) is 0 Å². The summed E-state index contributed by atoms with van der Waals surface area (Å²) in [6.45, 7) is 0. The standard InChI is InChI=1S/C21H22N4O5/c26-19(22-20(11-1-12-20)15-3-7-17(8-4-15)24(27)28)23-21(13-2-14-21)16-5-9-18(10-6-16)25(29)30/h3-10H,1-2,11-14H2,(H2,22,23,26). The zero-order valence-electron chi connectivity index (χ0n) is 16.3. The summed E-state index contributed by atoms with van der Waals surface area (Å²) in [5.74, 6) is 0. The molecule has 0 heterocycles. The Labute approximate surface area is 172 Å². The van der Waals surface area contributed by atoms with Gasteiger partial charge < -0.3 is 10.6 Å². The molecular formula is C21H22N4O5. The Morgan fingerprint density at radius 1 is 0.700 bits per heavy atom. The van der Waals surface area contributed by atoms with E-state index in [1.165, 1.54) is 24.3 Å². The Bertz CT molecular complexity index is 900. The van der Waals surface area contributed by atoms with Crippen LogP contribution in [-0.2, 0) is 11.1 Å². The molecule has 2 aromatic carbocycles. The molecule has 0 saturated heterocycles. The average molecular weight is 410 g/mol. The molecule has 2 N–H and O–H groups in total. The van der Waals surface area contributed by atoms with Gasteiger partial charge in [0.25, 0.3) is 11.4 Å². The highest BCUT2D eigenvalue weighted by molar-refractivity contribution is 5.77. The molecule has 2 fully saturated rings. The van der Waals surface area contributed by atoms with Gasteiger partial charge in [0.05, 0.1) is 20.9 Å². The Morgan fingerprint density at radius 3 is 1.27 bits per heavy atom. The van der Waals surface area contributed by atoms with Gasteiger partial charge in [-0.1, -0.05) is 0 Å². The second-order valence-corrected chi connectivity index (χ2v) is 8.06. The number of nitrogens with one attached hydrogen (secondary N) is 2. The molecule has 2 saturated carbocycles. The molecular weight excluding hydrogens is 388 g/mol. The zero-order chi connectivity index (χ0) is 21.4. The molecule has 2 amide bonds. The molecule has 2 aromatic rings. The summed E-state index contributed by atoms with van der Waals surface area (Å²) < 4.78 is 0. The number of amides is 2. The van der Waals surface area contributed by atoms with Gasteiger partial charge in [-0.05, 0) is 73.9 Å². The lowest BCUT2D eigenvalue weighted by atomic mass is 9.71. The fraction of sp³-hybridized carbons (Fsp3) is 0.381. The molecule has 0 unspecified atom stereocenters. The van der Waals surface area contributed by atoms with Gasteiger partial charge in [-0.2, -0.15) is 0 Å². The summed E-state index contributed by atoms with van der Waals surface area (Å²) in [6.07, 6.45) is 4.99. The van der Waals surface area contributed by atoms with E-state index in [2.05, 4.69) is 10.6 Å². The summed E-state index contributed by atoms with van der Waals surface area (Å²) in [7, 11) is 0. The number of nitrogens with zero attached hydrogens (tertiary/aromatic N) is 2. The van der Waals surface area contributed by atoms with Crippen molar-refractivity contribution in [1.29, 1.82) is 0 Å². The molecule has 9 heteroatoms. The Morgan fingerprint density at radius 2 is 1.03 bits per heavy atom. The molecule has 156 valence electrons. The molecule has 4 rings (SSSR count). The number of carbonyl (C=O) groups excluding carboxylic acids is 1. The number of hydrogen-bond acceptors (Lipinski definition) is 5. The Balaban J connectivity index is 1.49. The fourth-order valence-corrected chi connectivity index (χ4v) is 4.30. The van der Waals surface area contributed by atoms with Gasteiger partial charge in [0.2, 0.25) is 0 Å². The molecule has 2 aliphatic rings. The largest absolute Gasteiger partial charge is 0.329 e. The molecule has 0 atom stereocenters. The van der Waals surface area contributed by atoms with Crippen molar-refractivity contribution in [1.82, 2.24) is 10.6 Å². The number of hydrogen-bond donors (Lipinski definition) is 2. The second-order valence-electron chi connectivity index (χ2n) is 8.06. The minimum atomic E-state index is -0.528. The first-order chi connectivity index (χ1) is 14.3. The summed E-state index contributed by atoms with van der Waals surface area (Å²) in [5.41, 5.74) is 0.688. The van der Waals surface area contributed by atoms with Crippen LogP contribution in [0.3, 0.4) is 0 Å². The van der Waals surface area contributed by atoms with Crippen LogP contribution in [-0.4, -0.2) is 15.9 Å². The van der Waals surface area contributed by atoms with Crippen LogP contribution in [0, 0.1) is 20.2 Å². The summed E-state index contributed by atoms with van der Waals surface area (Å²) in [5, 5.41) is 28.0. The number of urea groups is 1. The molecule has 2 aliphatic carbocycles. The lowest BCUT2D eigenvalue weighted by Gasteiger charge is -2.46. The first-order valence-corrected chi connectivity index (χ1v) is 9.94. The maximum atomic E-state index is 12.9. The van der Waals surface area contributed by atoms with Crippen LogP contribution in [0.15, 0.2) is 48.5 Å². The summed E-state index contributed by atoms with van der Waals surface area (Å²) in [4.78, 5) is 33.8. The SMILES string of the molecule is O=C(NC1(c2ccc([N+](=O)[O-])cc2)CCC1)NC1(c2ccc([N+](=O)[O-])cc2)CCC1. The Kier molecular flexibility index (Phi) is 4.89. The topological polar surface area (TPSA) is 127 Å². The van der Waals surface area contributed by atoms with Crippen molar-refractivity contribution in [2.45, 2.75) is 49.6 Å². The van der Waals surface area contributed by atoms with Crippen LogP contribution in [0.4, 0.5) is 16.2 Å². The van der Waals surface area contributed by atoms with Gasteiger partial charge in [-0.25, -0.2) is 4.79 Å². The van der Waals surface area contributed by atoms with Crippen LogP contribution in [0.5, 0.6) is 0 Å². The highest BCUT2D eigenvalue weighted by Crippen LogP contribution is 2.44. The highest BCUT2D eigenvalue weighted by Gasteiger charge is 2.44. The number of non-ortho nitro benzene ring substituents is 2. The monoisotopic (exact) mass is 410 g/mol. The molecule has 0 radical (unpaired) electrons. The first kappa shape index (κ1) is 19.8. The van der Waals surface area contributed by atoms with E-state index in [1.54, 1.807) is 24.3 Å². The van der Waals surface area contributed by atoms with E-state index in [0.717, 1.165) is 49.7 Å². The van der Waals surface area contributed by atoms with Crippen molar-refractivity contribution in [2.24, 2.45) is 0 Å². The third kappa shape index (κ3) is 3.47. The number of nitro groups is 2. The van der Waals surface area contributed by atoms with Gasteiger partial charge in [0, 0.05) is 24.3 Å². The first-order valence-electron chi connectivity index (χ1n) is 9.94. The quantitative estimate of drug-likeness (QED) is 0.543. The van der Waals surface area contributed by atoms with Gasteiger partial charge >= 0.3 is 6.03 Å². The molecule has 0 aliphatic heterocycles. The van der Waals surface area contributed by atoms with E-state index in [9.17, 15) is 25.0 Å². The number of nitro benzene ring substituents is 2. The fourth-order valence-electron chi connectivity index (χ4n) is 4.30. The van der Waals surface area contributed by atoms with Crippen LogP contribution in [0.25, 0.3) is 0 Å². The molecule has 30 heavy (non-hydrogen) atoms. The van der Waals surface area contributed by atoms with Crippen molar-refractivity contribution in [2.75, 3.05) is 0 Å². The minimum Gasteiger partial charge on any atom is -0.329 e. The Hall–Kier alpha value is -3.49. The smallest absolute Gasteiger partial charge is 0.316 e.